The smallest absolute Gasteiger partial charge is 0.350 e. The minimum Gasteiger partial charge on any atom is -0.350 e. The second-order valence-corrected chi connectivity index (χ2v) is 6.04. The molecule has 23 heavy (non-hydrogen) atoms. The Hall–Kier alpha value is -1.19. The molecule has 1 saturated heterocycles. The number of rotatable bonds is 4. The van der Waals surface area contributed by atoms with Gasteiger partial charge in [0.1, 0.15) is 11.9 Å². The average molecular weight is 398 g/mol. The van der Waals surface area contributed by atoms with Gasteiger partial charge in [0, 0.05) is 38.3 Å². The molecular formula is C14H16BrF4N3O. The third-order valence-electron chi connectivity index (χ3n) is 3.61. The summed E-state index contributed by atoms with van der Waals surface area (Å²) in [5.41, 5.74) is 0.0968. The first-order chi connectivity index (χ1) is 10.8. The predicted molar refractivity (Wildman–Crippen MR) is 80.7 cm³/mol. The highest BCUT2D eigenvalue weighted by Gasteiger charge is 2.43. The quantitative estimate of drug-likeness (QED) is 0.765. The van der Waals surface area contributed by atoms with Crippen LogP contribution in [-0.4, -0.2) is 55.7 Å². The highest BCUT2D eigenvalue weighted by atomic mass is 79.9. The molecule has 1 unspecified atom stereocenters. The number of benzene rings is 1. The number of hydrogen-bond donors (Lipinski definition) is 2. The number of halogens is 5. The lowest BCUT2D eigenvalue weighted by molar-refractivity contribution is -0.183. The third kappa shape index (κ3) is 4.89. The summed E-state index contributed by atoms with van der Waals surface area (Å²) in [6, 6.07) is 1.80. The van der Waals surface area contributed by atoms with Crippen LogP contribution in [0.1, 0.15) is 10.4 Å². The lowest BCUT2D eigenvalue weighted by Gasteiger charge is -2.35. The SMILES string of the molecule is O=C(NCC(N1CCNCC1)C(F)(F)F)c1ccc(F)c(Br)c1. The molecule has 0 aromatic heterocycles. The van der Waals surface area contributed by atoms with Crippen LogP contribution < -0.4 is 10.6 Å². The third-order valence-corrected chi connectivity index (χ3v) is 4.22. The van der Waals surface area contributed by atoms with E-state index >= 15 is 0 Å². The van der Waals surface area contributed by atoms with Crippen LogP contribution in [-0.2, 0) is 0 Å². The van der Waals surface area contributed by atoms with E-state index in [0.717, 1.165) is 6.07 Å². The number of piperazine rings is 1. The summed E-state index contributed by atoms with van der Waals surface area (Å²) >= 11 is 2.94. The van der Waals surface area contributed by atoms with Crippen LogP contribution in [0.5, 0.6) is 0 Å². The molecule has 1 heterocycles. The van der Waals surface area contributed by atoms with E-state index in [0.29, 0.717) is 13.1 Å². The number of nitrogens with zero attached hydrogens (tertiary/aromatic N) is 1. The van der Waals surface area contributed by atoms with Crippen molar-refractivity contribution in [1.29, 1.82) is 0 Å². The van der Waals surface area contributed by atoms with Crippen LogP contribution in [0.25, 0.3) is 0 Å². The van der Waals surface area contributed by atoms with Gasteiger partial charge in [-0.25, -0.2) is 4.39 Å². The van der Waals surface area contributed by atoms with Crippen molar-refractivity contribution in [3.63, 3.8) is 0 Å². The molecule has 4 nitrogen and oxygen atoms in total. The van der Waals surface area contributed by atoms with Gasteiger partial charge in [-0.1, -0.05) is 0 Å². The fraction of sp³-hybridized carbons (Fsp3) is 0.500. The summed E-state index contributed by atoms with van der Waals surface area (Å²) < 4.78 is 52.8. The van der Waals surface area contributed by atoms with Crippen molar-refractivity contribution in [3.05, 3.63) is 34.1 Å². The first-order valence-electron chi connectivity index (χ1n) is 7.04. The molecule has 2 rings (SSSR count). The first-order valence-corrected chi connectivity index (χ1v) is 7.83. The van der Waals surface area contributed by atoms with Gasteiger partial charge in [-0.3, -0.25) is 9.69 Å². The van der Waals surface area contributed by atoms with Crippen molar-refractivity contribution >= 4 is 21.8 Å². The zero-order valence-electron chi connectivity index (χ0n) is 12.1. The number of alkyl halides is 3. The first kappa shape index (κ1) is 18.2. The summed E-state index contributed by atoms with van der Waals surface area (Å²) in [5, 5.41) is 5.27. The van der Waals surface area contributed by atoms with Gasteiger partial charge in [0.25, 0.3) is 5.91 Å². The van der Waals surface area contributed by atoms with Gasteiger partial charge in [0.05, 0.1) is 4.47 Å². The van der Waals surface area contributed by atoms with Gasteiger partial charge in [-0.2, -0.15) is 13.2 Å². The molecule has 1 fully saturated rings. The summed E-state index contributed by atoms with van der Waals surface area (Å²) in [6.07, 6.45) is -4.44. The van der Waals surface area contributed by atoms with E-state index in [2.05, 4.69) is 26.6 Å². The van der Waals surface area contributed by atoms with E-state index in [-0.39, 0.29) is 23.1 Å². The molecule has 0 radical (unpaired) electrons. The number of amides is 1. The molecule has 1 aromatic rings. The Morgan fingerprint density at radius 3 is 2.57 bits per heavy atom. The molecule has 9 heteroatoms. The predicted octanol–water partition coefficient (Wildman–Crippen LogP) is 2.15. The second-order valence-electron chi connectivity index (χ2n) is 5.18. The van der Waals surface area contributed by atoms with E-state index in [1.165, 1.54) is 17.0 Å². The molecular weight excluding hydrogens is 382 g/mol. The van der Waals surface area contributed by atoms with E-state index in [4.69, 9.17) is 0 Å². The zero-order chi connectivity index (χ0) is 17.0. The fourth-order valence-electron chi connectivity index (χ4n) is 2.37. The standard InChI is InChI=1S/C14H16BrF4N3O/c15-10-7-9(1-2-11(10)16)13(23)21-8-12(14(17,18)19)22-5-3-20-4-6-22/h1-2,7,12,20H,3-6,8H2,(H,21,23). The molecule has 0 spiro atoms. The van der Waals surface area contributed by atoms with E-state index in [1.54, 1.807) is 0 Å². The van der Waals surface area contributed by atoms with Crippen LogP contribution in [0.3, 0.4) is 0 Å². The molecule has 1 aliphatic rings. The Bertz CT molecular complexity index is 561. The van der Waals surface area contributed by atoms with Crippen LogP contribution in [0.4, 0.5) is 17.6 Å². The van der Waals surface area contributed by atoms with Crippen LogP contribution in [0.2, 0.25) is 0 Å². The maximum absolute atomic E-state index is 13.2. The molecule has 2 N–H and O–H groups in total. The fourth-order valence-corrected chi connectivity index (χ4v) is 2.75. The number of carbonyl (C=O) groups is 1. The Balaban J connectivity index is 2.02. The molecule has 0 bridgehead atoms. The minimum absolute atomic E-state index is 0.0830. The van der Waals surface area contributed by atoms with Crippen LogP contribution in [0.15, 0.2) is 22.7 Å². The van der Waals surface area contributed by atoms with E-state index in [1.807, 2.05) is 0 Å². The van der Waals surface area contributed by atoms with Crippen molar-refractivity contribution < 1.29 is 22.4 Å². The zero-order valence-corrected chi connectivity index (χ0v) is 13.7. The molecule has 0 aliphatic carbocycles. The van der Waals surface area contributed by atoms with Gasteiger partial charge >= 0.3 is 6.18 Å². The van der Waals surface area contributed by atoms with E-state index in [9.17, 15) is 22.4 Å². The Labute approximate surface area is 139 Å². The maximum atomic E-state index is 13.2. The number of nitrogens with one attached hydrogen (secondary N) is 2. The lowest BCUT2D eigenvalue weighted by atomic mass is 10.1. The Kier molecular flexibility index (Phi) is 5.99. The molecule has 128 valence electrons. The number of carbonyl (C=O) groups excluding carboxylic acids is 1. The largest absolute Gasteiger partial charge is 0.405 e. The molecule has 1 atom stereocenters. The average Bonchev–Trinajstić information content (AvgIpc) is 2.49. The molecule has 1 aromatic carbocycles. The van der Waals surface area contributed by atoms with Gasteiger partial charge in [-0.15, -0.1) is 0 Å². The summed E-state index contributed by atoms with van der Waals surface area (Å²) in [5.74, 6) is -1.22. The maximum Gasteiger partial charge on any atom is 0.405 e. The Morgan fingerprint density at radius 2 is 2.00 bits per heavy atom. The summed E-state index contributed by atoms with van der Waals surface area (Å²) in [7, 11) is 0. The van der Waals surface area contributed by atoms with Gasteiger partial charge < -0.3 is 10.6 Å². The lowest BCUT2D eigenvalue weighted by Crippen LogP contribution is -2.57. The second kappa shape index (κ2) is 7.59. The molecule has 1 aliphatic heterocycles. The van der Waals surface area contributed by atoms with Crippen molar-refractivity contribution in [2.45, 2.75) is 12.2 Å². The normalized spacial score (nSPS) is 17.8. The summed E-state index contributed by atoms with van der Waals surface area (Å²) in [6.45, 7) is 0.943. The van der Waals surface area contributed by atoms with Gasteiger partial charge in [0.15, 0.2) is 0 Å². The van der Waals surface area contributed by atoms with Crippen molar-refractivity contribution in [2.24, 2.45) is 0 Å². The molecule has 0 saturated carbocycles. The number of hydrogen-bond acceptors (Lipinski definition) is 3. The monoisotopic (exact) mass is 397 g/mol. The van der Waals surface area contributed by atoms with Crippen LogP contribution in [0, 0.1) is 5.82 Å². The van der Waals surface area contributed by atoms with Gasteiger partial charge in [-0.05, 0) is 34.1 Å². The highest BCUT2D eigenvalue weighted by molar-refractivity contribution is 9.10. The van der Waals surface area contributed by atoms with Crippen molar-refractivity contribution in [1.82, 2.24) is 15.5 Å². The van der Waals surface area contributed by atoms with Crippen molar-refractivity contribution in [2.75, 3.05) is 32.7 Å². The van der Waals surface area contributed by atoms with Crippen LogP contribution >= 0.6 is 15.9 Å². The minimum atomic E-state index is -4.44. The highest BCUT2D eigenvalue weighted by Crippen LogP contribution is 2.25. The van der Waals surface area contributed by atoms with Crippen molar-refractivity contribution in [3.8, 4) is 0 Å². The summed E-state index contributed by atoms with van der Waals surface area (Å²) in [4.78, 5) is 13.3. The molecule has 1 amide bonds. The van der Waals surface area contributed by atoms with Gasteiger partial charge in [0.2, 0.25) is 0 Å². The Morgan fingerprint density at radius 1 is 1.35 bits per heavy atom. The van der Waals surface area contributed by atoms with E-state index < -0.39 is 30.5 Å². The topological polar surface area (TPSA) is 44.4 Å².